The number of aryl methyl sites for hydroxylation is 1. The Bertz CT molecular complexity index is 908. The molecule has 26 heavy (non-hydrogen) atoms. The number of sulfonamides is 1. The molecule has 7 heteroatoms. The van der Waals surface area contributed by atoms with Gasteiger partial charge in [0.25, 0.3) is 5.91 Å². The molecule has 1 heterocycles. The van der Waals surface area contributed by atoms with Gasteiger partial charge < -0.3 is 10.1 Å². The van der Waals surface area contributed by atoms with Gasteiger partial charge in [0.05, 0.1) is 18.6 Å². The highest BCUT2D eigenvalue weighted by atomic mass is 32.2. The van der Waals surface area contributed by atoms with Gasteiger partial charge in [0, 0.05) is 23.9 Å². The molecule has 1 aliphatic heterocycles. The molecule has 3 rings (SSSR count). The minimum absolute atomic E-state index is 0.141. The number of anilines is 2. The molecule has 2 aromatic carbocycles. The molecule has 138 valence electrons. The van der Waals surface area contributed by atoms with Crippen molar-refractivity contribution in [3.05, 3.63) is 53.6 Å². The van der Waals surface area contributed by atoms with Crippen LogP contribution in [0.5, 0.6) is 5.75 Å². The van der Waals surface area contributed by atoms with Crippen LogP contribution in [-0.2, 0) is 10.0 Å². The predicted octanol–water partition coefficient (Wildman–Crippen LogP) is 3.19. The maximum absolute atomic E-state index is 12.4. The summed E-state index contributed by atoms with van der Waals surface area (Å²) in [6.45, 7) is 2.40. The Kier molecular flexibility index (Phi) is 5.18. The molecule has 0 unspecified atom stereocenters. The van der Waals surface area contributed by atoms with E-state index < -0.39 is 10.0 Å². The van der Waals surface area contributed by atoms with E-state index in [0.717, 1.165) is 12.0 Å². The van der Waals surface area contributed by atoms with Crippen LogP contribution < -0.4 is 14.4 Å². The molecule has 1 saturated heterocycles. The molecule has 0 spiro atoms. The largest absolute Gasteiger partial charge is 0.494 e. The predicted molar refractivity (Wildman–Crippen MR) is 102 cm³/mol. The molecule has 1 amide bonds. The van der Waals surface area contributed by atoms with Gasteiger partial charge in [-0.3, -0.25) is 9.10 Å². The van der Waals surface area contributed by atoms with E-state index in [2.05, 4.69) is 5.32 Å². The number of hydrogen-bond acceptors (Lipinski definition) is 4. The van der Waals surface area contributed by atoms with E-state index in [1.165, 1.54) is 11.4 Å². The smallest absolute Gasteiger partial charge is 0.255 e. The molecule has 6 nitrogen and oxygen atoms in total. The number of carbonyl (C=O) groups excluding carboxylic acids is 1. The Morgan fingerprint density at radius 3 is 2.50 bits per heavy atom. The lowest BCUT2D eigenvalue weighted by Crippen LogP contribution is -2.38. The fourth-order valence-electron chi connectivity index (χ4n) is 2.93. The van der Waals surface area contributed by atoms with Crippen molar-refractivity contribution in [1.82, 2.24) is 0 Å². The third kappa shape index (κ3) is 3.83. The fraction of sp³-hybridized carbons (Fsp3) is 0.316. The second-order valence-electron chi connectivity index (χ2n) is 6.30. The normalized spacial score (nSPS) is 16.2. The van der Waals surface area contributed by atoms with Gasteiger partial charge in [-0.1, -0.05) is 17.7 Å². The first-order valence-electron chi connectivity index (χ1n) is 8.47. The average molecular weight is 374 g/mol. The van der Waals surface area contributed by atoms with E-state index >= 15 is 0 Å². The third-order valence-electron chi connectivity index (χ3n) is 4.37. The first-order valence-corrected chi connectivity index (χ1v) is 10.1. The highest BCUT2D eigenvalue weighted by Gasteiger charge is 2.28. The summed E-state index contributed by atoms with van der Waals surface area (Å²) in [4.78, 5) is 12.4. The molecule has 0 aliphatic carbocycles. The van der Waals surface area contributed by atoms with Crippen LogP contribution in [0.15, 0.2) is 42.5 Å². The Morgan fingerprint density at radius 1 is 1.12 bits per heavy atom. The third-order valence-corrected chi connectivity index (χ3v) is 6.22. The summed E-state index contributed by atoms with van der Waals surface area (Å²) in [5.74, 6) is 0.324. The van der Waals surface area contributed by atoms with Crippen molar-refractivity contribution in [3.8, 4) is 5.75 Å². The maximum Gasteiger partial charge on any atom is 0.255 e. The Hall–Kier alpha value is -2.54. The number of nitrogens with zero attached hydrogens (tertiary/aromatic N) is 1. The lowest BCUT2D eigenvalue weighted by atomic mass is 10.1. The van der Waals surface area contributed by atoms with Crippen molar-refractivity contribution < 1.29 is 17.9 Å². The van der Waals surface area contributed by atoms with Crippen molar-refractivity contribution in [2.45, 2.75) is 19.8 Å². The second kappa shape index (κ2) is 7.37. The minimum Gasteiger partial charge on any atom is -0.494 e. The molecule has 0 bridgehead atoms. The quantitative estimate of drug-likeness (QED) is 0.892. The van der Waals surface area contributed by atoms with Gasteiger partial charge in [-0.05, 0) is 44.0 Å². The molecular formula is C19H22N2O4S. The number of ether oxygens (including phenoxy) is 1. The van der Waals surface area contributed by atoms with Crippen molar-refractivity contribution in [3.63, 3.8) is 0 Å². The van der Waals surface area contributed by atoms with Gasteiger partial charge in [-0.2, -0.15) is 0 Å². The standard InChI is InChI=1S/C19H22N2O4S/c1-14-5-7-15(8-6-14)19(22)20-16-9-10-17(18(13-16)25-2)21-11-3-4-12-26(21,23)24/h5-10,13H,3-4,11-12H2,1-2H3,(H,20,22). The molecule has 0 saturated carbocycles. The molecular weight excluding hydrogens is 352 g/mol. The van der Waals surface area contributed by atoms with Gasteiger partial charge in [-0.25, -0.2) is 8.42 Å². The average Bonchev–Trinajstić information content (AvgIpc) is 2.62. The number of methoxy groups -OCH3 is 1. The van der Waals surface area contributed by atoms with Crippen molar-refractivity contribution in [2.75, 3.05) is 29.0 Å². The summed E-state index contributed by atoms with van der Waals surface area (Å²) in [6, 6.07) is 12.3. The number of nitrogens with one attached hydrogen (secondary N) is 1. The van der Waals surface area contributed by atoms with Crippen LogP contribution in [-0.4, -0.2) is 33.7 Å². The SMILES string of the molecule is COc1cc(NC(=O)c2ccc(C)cc2)ccc1N1CCCCS1(=O)=O. The van der Waals surface area contributed by atoms with Gasteiger partial charge >= 0.3 is 0 Å². The summed E-state index contributed by atoms with van der Waals surface area (Å²) in [5, 5.41) is 2.82. The zero-order valence-corrected chi connectivity index (χ0v) is 15.7. The van der Waals surface area contributed by atoms with E-state index in [1.807, 2.05) is 19.1 Å². The lowest BCUT2D eigenvalue weighted by Gasteiger charge is -2.29. The number of carbonyl (C=O) groups is 1. The summed E-state index contributed by atoms with van der Waals surface area (Å²) in [6.07, 6.45) is 1.49. The van der Waals surface area contributed by atoms with Crippen LogP contribution in [0.2, 0.25) is 0 Å². The lowest BCUT2D eigenvalue weighted by molar-refractivity contribution is 0.102. The maximum atomic E-state index is 12.4. The zero-order valence-electron chi connectivity index (χ0n) is 14.9. The topological polar surface area (TPSA) is 75.7 Å². The van der Waals surface area contributed by atoms with E-state index in [4.69, 9.17) is 4.74 Å². The van der Waals surface area contributed by atoms with Crippen LogP contribution in [0.1, 0.15) is 28.8 Å². The van der Waals surface area contributed by atoms with Crippen molar-refractivity contribution >= 4 is 27.3 Å². The highest BCUT2D eigenvalue weighted by molar-refractivity contribution is 7.92. The molecule has 2 aromatic rings. The summed E-state index contributed by atoms with van der Waals surface area (Å²) >= 11 is 0. The Labute approximate surface area is 153 Å². The van der Waals surface area contributed by atoms with Gasteiger partial charge in [0.15, 0.2) is 0 Å². The number of amides is 1. The van der Waals surface area contributed by atoms with Crippen LogP contribution >= 0.6 is 0 Å². The molecule has 1 aliphatic rings. The first kappa shape index (κ1) is 18.3. The molecule has 0 radical (unpaired) electrons. The molecule has 1 N–H and O–H groups in total. The van der Waals surface area contributed by atoms with Crippen LogP contribution in [0.4, 0.5) is 11.4 Å². The number of rotatable bonds is 4. The second-order valence-corrected chi connectivity index (χ2v) is 8.31. The van der Waals surface area contributed by atoms with Gasteiger partial charge in [-0.15, -0.1) is 0 Å². The van der Waals surface area contributed by atoms with Crippen molar-refractivity contribution in [2.24, 2.45) is 0 Å². The highest BCUT2D eigenvalue weighted by Crippen LogP contribution is 2.34. The molecule has 0 atom stereocenters. The zero-order chi connectivity index (χ0) is 18.7. The fourth-order valence-corrected chi connectivity index (χ4v) is 4.58. The van der Waals surface area contributed by atoms with E-state index in [1.54, 1.807) is 30.3 Å². The van der Waals surface area contributed by atoms with Crippen LogP contribution in [0.25, 0.3) is 0 Å². The molecule has 0 aromatic heterocycles. The van der Waals surface area contributed by atoms with Gasteiger partial charge in [0.2, 0.25) is 10.0 Å². The van der Waals surface area contributed by atoms with Crippen LogP contribution in [0.3, 0.4) is 0 Å². The summed E-state index contributed by atoms with van der Waals surface area (Å²) < 4.78 is 31.4. The van der Waals surface area contributed by atoms with Crippen molar-refractivity contribution in [1.29, 1.82) is 0 Å². The van der Waals surface area contributed by atoms with E-state index in [9.17, 15) is 13.2 Å². The number of hydrogen-bond donors (Lipinski definition) is 1. The monoisotopic (exact) mass is 374 g/mol. The van der Waals surface area contributed by atoms with E-state index in [0.29, 0.717) is 35.7 Å². The van der Waals surface area contributed by atoms with Crippen LogP contribution in [0, 0.1) is 6.92 Å². The molecule has 1 fully saturated rings. The Balaban J connectivity index is 1.84. The van der Waals surface area contributed by atoms with E-state index in [-0.39, 0.29) is 11.7 Å². The number of benzene rings is 2. The Morgan fingerprint density at radius 2 is 1.85 bits per heavy atom. The first-order chi connectivity index (χ1) is 12.4. The summed E-state index contributed by atoms with van der Waals surface area (Å²) in [5.41, 5.74) is 2.68. The minimum atomic E-state index is -3.33. The van der Waals surface area contributed by atoms with Gasteiger partial charge in [0.1, 0.15) is 5.75 Å². The summed E-state index contributed by atoms with van der Waals surface area (Å²) in [7, 11) is -1.84.